The molecule has 0 bridgehead atoms. The number of carbonyl (C=O) groups is 1. The number of rotatable bonds is 2. The van der Waals surface area contributed by atoms with Crippen molar-refractivity contribution in [2.75, 3.05) is 7.11 Å². The first-order valence-corrected chi connectivity index (χ1v) is 7.99. The van der Waals surface area contributed by atoms with Crippen LogP contribution in [-0.2, 0) is 4.74 Å². The van der Waals surface area contributed by atoms with E-state index in [0.29, 0.717) is 5.56 Å². The van der Waals surface area contributed by atoms with Gasteiger partial charge >= 0.3 is 5.97 Å². The van der Waals surface area contributed by atoms with E-state index in [1.54, 1.807) is 15.2 Å². The standard InChI is InChI=1S/C11H10INO2S/c1-7-6-9-8(11(14)15-2)4-3-5-10(9)13(7)16-12/h3-6H,1-2H3. The first-order valence-electron chi connectivity index (χ1n) is 4.67. The fraction of sp³-hybridized carbons (Fsp3) is 0.182. The molecule has 1 heterocycles. The van der Waals surface area contributed by atoms with E-state index in [4.69, 9.17) is 4.74 Å². The summed E-state index contributed by atoms with van der Waals surface area (Å²) >= 11 is 2.23. The normalized spacial score (nSPS) is 10.7. The number of fused-ring (bicyclic) bond motifs is 1. The molecule has 5 heteroatoms. The lowest BCUT2D eigenvalue weighted by molar-refractivity contribution is 0.0603. The highest BCUT2D eigenvalue weighted by molar-refractivity contribution is 14.2. The zero-order chi connectivity index (χ0) is 11.7. The summed E-state index contributed by atoms with van der Waals surface area (Å²) in [7, 11) is 3.00. The Morgan fingerprint density at radius 1 is 1.50 bits per heavy atom. The first kappa shape index (κ1) is 11.8. The molecule has 2 aromatic rings. The van der Waals surface area contributed by atoms with E-state index in [9.17, 15) is 4.79 Å². The molecule has 0 amide bonds. The quantitative estimate of drug-likeness (QED) is 0.615. The van der Waals surface area contributed by atoms with Crippen molar-refractivity contribution in [3.63, 3.8) is 0 Å². The SMILES string of the molecule is COC(=O)c1cccc2c1cc(C)n2SI. The lowest BCUT2D eigenvalue weighted by atomic mass is 10.1. The Bertz CT molecular complexity index is 550. The predicted molar refractivity (Wildman–Crippen MR) is 75.0 cm³/mol. The Morgan fingerprint density at radius 3 is 2.88 bits per heavy atom. The van der Waals surface area contributed by atoms with Crippen LogP contribution < -0.4 is 0 Å². The number of hydrogen-bond acceptors (Lipinski definition) is 3. The molecule has 2 rings (SSSR count). The van der Waals surface area contributed by atoms with Gasteiger partial charge in [0.1, 0.15) is 0 Å². The van der Waals surface area contributed by atoms with Crippen LogP contribution in [0.2, 0.25) is 0 Å². The second-order valence-corrected chi connectivity index (χ2v) is 5.06. The number of carbonyl (C=O) groups excluding carboxylic acids is 1. The molecular weight excluding hydrogens is 337 g/mol. The van der Waals surface area contributed by atoms with Crippen molar-refractivity contribution < 1.29 is 9.53 Å². The Balaban J connectivity index is 2.74. The van der Waals surface area contributed by atoms with Crippen LogP contribution >= 0.6 is 30.3 Å². The van der Waals surface area contributed by atoms with Crippen molar-refractivity contribution >= 4 is 47.2 Å². The summed E-state index contributed by atoms with van der Waals surface area (Å²) in [6.45, 7) is 2.02. The molecule has 0 saturated carbocycles. The molecule has 1 aromatic heterocycles. The number of ether oxygens (including phenoxy) is 1. The topological polar surface area (TPSA) is 31.2 Å². The van der Waals surface area contributed by atoms with Gasteiger partial charge in [0.05, 0.1) is 18.2 Å². The number of nitrogens with zero attached hydrogens (tertiary/aromatic N) is 1. The third-order valence-corrected chi connectivity index (χ3v) is 4.25. The molecule has 0 radical (unpaired) electrons. The number of halogens is 1. The van der Waals surface area contributed by atoms with Crippen molar-refractivity contribution in [3.8, 4) is 0 Å². The number of aromatic nitrogens is 1. The Kier molecular flexibility index (Phi) is 3.44. The first-order chi connectivity index (χ1) is 7.69. The van der Waals surface area contributed by atoms with E-state index >= 15 is 0 Å². The zero-order valence-electron chi connectivity index (χ0n) is 8.86. The average Bonchev–Trinajstić information content (AvgIpc) is 2.63. The molecule has 0 aliphatic carbocycles. The summed E-state index contributed by atoms with van der Waals surface area (Å²) in [5.41, 5.74) is 2.78. The lowest BCUT2D eigenvalue weighted by Gasteiger charge is -2.03. The van der Waals surface area contributed by atoms with Crippen LogP contribution in [0.4, 0.5) is 0 Å². The van der Waals surface area contributed by atoms with Crippen LogP contribution in [0.15, 0.2) is 24.3 Å². The van der Waals surface area contributed by atoms with Gasteiger partial charge < -0.3 is 4.74 Å². The van der Waals surface area contributed by atoms with E-state index in [1.807, 2.05) is 25.1 Å². The molecule has 0 unspecified atom stereocenters. The minimum atomic E-state index is -0.291. The maximum Gasteiger partial charge on any atom is 0.338 e. The summed E-state index contributed by atoms with van der Waals surface area (Å²) in [5, 5.41) is 0.941. The van der Waals surface area contributed by atoms with Crippen molar-refractivity contribution in [2.24, 2.45) is 0 Å². The second-order valence-electron chi connectivity index (χ2n) is 3.38. The number of benzene rings is 1. The largest absolute Gasteiger partial charge is 0.465 e. The Morgan fingerprint density at radius 2 is 2.25 bits per heavy atom. The third kappa shape index (κ3) is 1.82. The van der Waals surface area contributed by atoms with Gasteiger partial charge in [-0.15, -0.1) is 0 Å². The van der Waals surface area contributed by atoms with Crippen molar-refractivity contribution in [1.29, 1.82) is 0 Å². The van der Waals surface area contributed by atoms with Gasteiger partial charge in [-0.05, 0) is 25.1 Å². The van der Waals surface area contributed by atoms with Crippen LogP contribution in [-0.4, -0.2) is 17.1 Å². The van der Waals surface area contributed by atoms with Crippen LogP contribution in [0.25, 0.3) is 10.9 Å². The molecule has 3 nitrogen and oxygen atoms in total. The molecule has 16 heavy (non-hydrogen) atoms. The molecule has 1 aromatic carbocycles. The highest BCUT2D eigenvalue weighted by Crippen LogP contribution is 2.30. The number of esters is 1. The molecular formula is C11H10INO2S. The highest BCUT2D eigenvalue weighted by atomic mass is 127. The van der Waals surface area contributed by atoms with Crippen LogP contribution in [0, 0.1) is 6.92 Å². The maximum atomic E-state index is 11.6. The van der Waals surface area contributed by atoms with Crippen LogP contribution in [0.1, 0.15) is 16.1 Å². The number of hydrogen-bond donors (Lipinski definition) is 0. The second kappa shape index (κ2) is 4.67. The van der Waals surface area contributed by atoms with Gasteiger partial charge in [0.25, 0.3) is 0 Å². The van der Waals surface area contributed by atoms with Crippen LogP contribution in [0.5, 0.6) is 0 Å². The van der Waals surface area contributed by atoms with E-state index < -0.39 is 0 Å². The number of methoxy groups -OCH3 is 1. The molecule has 0 spiro atoms. The Labute approximate surface area is 110 Å². The summed E-state index contributed by atoms with van der Waals surface area (Å²) < 4.78 is 6.86. The molecule has 0 saturated heterocycles. The number of aryl methyl sites for hydroxylation is 1. The van der Waals surface area contributed by atoms with Gasteiger partial charge in [-0.3, -0.25) is 3.97 Å². The van der Waals surface area contributed by atoms with Gasteiger partial charge in [0.15, 0.2) is 0 Å². The fourth-order valence-corrected chi connectivity index (χ4v) is 3.68. The minimum absolute atomic E-state index is 0.291. The van der Waals surface area contributed by atoms with Gasteiger partial charge in [-0.25, -0.2) is 4.79 Å². The molecule has 84 valence electrons. The molecule has 0 fully saturated rings. The fourth-order valence-electron chi connectivity index (χ4n) is 1.72. The van der Waals surface area contributed by atoms with Crippen LogP contribution in [0.3, 0.4) is 0 Å². The average molecular weight is 347 g/mol. The predicted octanol–water partition coefficient (Wildman–Crippen LogP) is 3.58. The summed E-state index contributed by atoms with van der Waals surface area (Å²) in [5.74, 6) is -0.291. The van der Waals surface area contributed by atoms with E-state index in [1.165, 1.54) is 7.11 Å². The van der Waals surface area contributed by atoms with Gasteiger partial charge in [0, 0.05) is 41.4 Å². The van der Waals surface area contributed by atoms with Crippen molar-refractivity contribution in [3.05, 3.63) is 35.5 Å². The van der Waals surface area contributed by atoms with Crippen molar-refractivity contribution in [2.45, 2.75) is 6.92 Å². The maximum absolute atomic E-state index is 11.6. The monoisotopic (exact) mass is 347 g/mol. The van der Waals surface area contributed by atoms with Gasteiger partial charge in [-0.2, -0.15) is 0 Å². The smallest absolute Gasteiger partial charge is 0.338 e. The summed E-state index contributed by atoms with van der Waals surface area (Å²) in [6, 6.07) is 7.67. The van der Waals surface area contributed by atoms with Gasteiger partial charge in [-0.1, -0.05) is 6.07 Å². The third-order valence-electron chi connectivity index (χ3n) is 2.45. The van der Waals surface area contributed by atoms with Gasteiger partial charge in [0.2, 0.25) is 0 Å². The molecule has 0 aliphatic heterocycles. The van der Waals surface area contributed by atoms with E-state index in [0.717, 1.165) is 16.6 Å². The molecule has 0 aliphatic rings. The molecule has 0 atom stereocenters. The summed E-state index contributed by atoms with van der Waals surface area (Å²) in [4.78, 5) is 11.6. The van der Waals surface area contributed by atoms with Crippen molar-refractivity contribution in [1.82, 2.24) is 3.97 Å². The summed E-state index contributed by atoms with van der Waals surface area (Å²) in [6.07, 6.45) is 0. The van der Waals surface area contributed by atoms with E-state index in [2.05, 4.69) is 25.2 Å². The molecule has 0 N–H and O–H groups in total. The minimum Gasteiger partial charge on any atom is -0.465 e. The van der Waals surface area contributed by atoms with E-state index in [-0.39, 0.29) is 5.97 Å². The zero-order valence-corrected chi connectivity index (χ0v) is 11.8. The highest BCUT2D eigenvalue weighted by Gasteiger charge is 2.14. The lowest BCUT2D eigenvalue weighted by Crippen LogP contribution is -2.01. The Hall–Kier alpha value is -0.690.